The molecular weight excluding hydrogens is 251 g/mol. The Morgan fingerprint density at radius 3 is 2.84 bits per heavy atom. The molecule has 0 aliphatic carbocycles. The van der Waals surface area contributed by atoms with Crippen molar-refractivity contribution in [1.29, 1.82) is 0 Å². The summed E-state index contributed by atoms with van der Waals surface area (Å²) in [5.74, 6) is -0.791. The first-order chi connectivity index (χ1) is 9.02. The third kappa shape index (κ3) is 5.67. The highest BCUT2D eigenvalue weighted by Gasteiger charge is 2.11. The van der Waals surface area contributed by atoms with Crippen molar-refractivity contribution in [3.63, 3.8) is 0 Å². The van der Waals surface area contributed by atoms with Crippen LogP contribution in [0.3, 0.4) is 0 Å². The molecule has 0 aromatic heterocycles. The number of hydrogen-bond acceptors (Lipinski definition) is 4. The van der Waals surface area contributed by atoms with Gasteiger partial charge < -0.3 is 20.5 Å². The van der Waals surface area contributed by atoms with E-state index in [4.69, 9.17) is 4.74 Å². The molecule has 0 saturated carbocycles. The summed E-state index contributed by atoms with van der Waals surface area (Å²) in [5, 5.41) is 14.9. The number of ether oxygens (including phenoxy) is 1. The summed E-state index contributed by atoms with van der Waals surface area (Å²) < 4.78 is 17.9. The van der Waals surface area contributed by atoms with Crippen LogP contribution in [-0.4, -0.2) is 37.3 Å². The Balaban J connectivity index is 2.40. The van der Waals surface area contributed by atoms with Crippen molar-refractivity contribution in [3.8, 4) is 5.75 Å². The predicted molar refractivity (Wildman–Crippen MR) is 69.3 cm³/mol. The molecule has 1 atom stereocenters. The van der Waals surface area contributed by atoms with E-state index in [9.17, 15) is 14.3 Å². The Bertz CT molecular complexity index is 406. The van der Waals surface area contributed by atoms with E-state index < -0.39 is 11.9 Å². The van der Waals surface area contributed by atoms with Crippen molar-refractivity contribution in [2.75, 3.05) is 20.3 Å². The molecule has 0 bridgehead atoms. The maximum atomic E-state index is 13.0. The Morgan fingerprint density at radius 1 is 1.47 bits per heavy atom. The molecule has 1 aromatic rings. The van der Waals surface area contributed by atoms with Crippen LogP contribution in [0.1, 0.15) is 12.5 Å². The molecule has 19 heavy (non-hydrogen) atoms. The molecule has 0 saturated heterocycles. The second-order valence-corrected chi connectivity index (χ2v) is 4.20. The molecule has 0 aliphatic rings. The van der Waals surface area contributed by atoms with Gasteiger partial charge >= 0.3 is 0 Å². The Labute approximate surface area is 111 Å². The molecule has 0 heterocycles. The second kappa shape index (κ2) is 7.70. The number of carbonyl (C=O) groups is 1. The molecule has 0 aliphatic heterocycles. The fraction of sp³-hybridized carbons (Fsp3) is 0.462. The summed E-state index contributed by atoms with van der Waals surface area (Å²) in [7, 11) is 1.56. The Hall–Kier alpha value is -1.66. The van der Waals surface area contributed by atoms with Crippen molar-refractivity contribution in [2.24, 2.45) is 0 Å². The van der Waals surface area contributed by atoms with Gasteiger partial charge in [0.1, 0.15) is 11.6 Å². The van der Waals surface area contributed by atoms with Crippen LogP contribution in [0.2, 0.25) is 0 Å². The molecule has 0 fully saturated rings. The van der Waals surface area contributed by atoms with E-state index in [1.165, 1.54) is 12.1 Å². The van der Waals surface area contributed by atoms with Crippen LogP contribution in [0, 0.1) is 5.82 Å². The lowest BCUT2D eigenvalue weighted by atomic mass is 10.2. The van der Waals surface area contributed by atoms with Crippen LogP contribution in [-0.2, 0) is 16.1 Å². The summed E-state index contributed by atoms with van der Waals surface area (Å²) in [5.41, 5.74) is 0.578. The fourth-order valence-electron chi connectivity index (χ4n) is 1.53. The van der Waals surface area contributed by atoms with Crippen molar-refractivity contribution in [3.05, 3.63) is 29.6 Å². The quantitative estimate of drug-likeness (QED) is 0.640. The number of benzene rings is 1. The number of rotatable bonds is 7. The van der Waals surface area contributed by atoms with Crippen LogP contribution in [0.25, 0.3) is 0 Å². The first kappa shape index (κ1) is 15.4. The van der Waals surface area contributed by atoms with Gasteiger partial charge in [-0.05, 0) is 24.6 Å². The Morgan fingerprint density at radius 2 is 2.21 bits per heavy atom. The molecule has 1 amide bonds. The molecule has 1 rings (SSSR count). The van der Waals surface area contributed by atoms with Gasteiger partial charge in [-0.1, -0.05) is 0 Å². The zero-order chi connectivity index (χ0) is 14.3. The van der Waals surface area contributed by atoms with Gasteiger partial charge in [0.05, 0.1) is 12.6 Å². The van der Waals surface area contributed by atoms with Crippen LogP contribution in [0.15, 0.2) is 18.2 Å². The van der Waals surface area contributed by atoms with Crippen molar-refractivity contribution in [2.45, 2.75) is 19.5 Å². The average molecular weight is 270 g/mol. The van der Waals surface area contributed by atoms with E-state index in [0.29, 0.717) is 25.3 Å². The topological polar surface area (TPSA) is 70.6 Å². The van der Waals surface area contributed by atoms with Crippen molar-refractivity contribution in [1.82, 2.24) is 10.6 Å². The van der Waals surface area contributed by atoms with E-state index in [1.54, 1.807) is 14.0 Å². The van der Waals surface area contributed by atoms with E-state index in [1.807, 2.05) is 0 Å². The second-order valence-electron chi connectivity index (χ2n) is 4.20. The minimum Gasteiger partial charge on any atom is -0.508 e. The van der Waals surface area contributed by atoms with Gasteiger partial charge in [0.25, 0.3) is 0 Å². The number of carbonyl (C=O) groups excluding carboxylic acids is 1. The number of hydrogen-bond donors (Lipinski definition) is 3. The molecule has 0 radical (unpaired) electrons. The summed E-state index contributed by atoms with van der Waals surface area (Å²) >= 11 is 0. The highest BCUT2D eigenvalue weighted by Crippen LogP contribution is 2.14. The summed E-state index contributed by atoms with van der Waals surface area (Å²) in [6, 6.07) is 3.38. The fourth-order valence-corrected chi connectivity index (χ4v) is 1.53. The Kier molecular flexibility index (Phi) is 6.24. The zero-order valence-electron chi connectivity index (χ0n) is 11.1. The molecule has 106 valence electrons. The third-order valence-corrected chi connectivity index (χ3v) is 2.55. The van der Waals surface area contributed by atoms with E-state index in [2.05, 4.69) is 10.6 Å². The minimum atomic E-state index is -0.506. The van der Waals surface area contributed by atoms with Gasteiger partial charge in [-0.2, -0.15) is 0 Å². The lowest BCUT2D eigenvalue weighted by Gasteiger charge is -2.14. The van der Waals surface area contributed by atoms with Crippen LogP contribution >= 0.6 is 0 Å². The average Bonchev–Trinajstić information content (AvgIpc) is 2.35. The monoisotopic (exact) mass is 270 g/mol. The molecule has 3 N–H and O–H groups in total. The van der Waals surface area contributed by atoms with Crippen molar-refractivity contribution < 1.29 is 19.0 Å². The first-order valence-electron chi connectivity index (χ1n) is 6.01. The number of amides is 1. The smallest absolute Gasteiger partial charge is 0.236 e. The van der Waals surface area contributed by atoms with Gasteiger partial charge in [-0.25, -0.2) is 4.39 Å². The van der Waals surface area contributed by atoms with Crippen LogP contribution in [0.5, 0.6) is 5.75 Å². The summed E-state index contributed by atoms with van der Waals surface area (Å²) in [4.78, 5) is 11.6. The first-order valence-corrected chi connectivity index (χ1v) is 6.01. The number of phenolic OH excluding ortho intramolecular Hbond substituents is 1. The minimum absolute atomic E-state index is 0.131. The molecule has 1 unspecified atom stereocenters. The number of halogens is 1. The van der Waals surface area contributed by atoms with Crippen LogP contribution in [0.4, 0.5) is 4.39 Å². The lowest BCUT2D eigenvalue weighted by Crippen LogP contribution is -2.42. The van der Waals surface area contributed by atoms with Gasteiger partial charge in [-0.3, -0.25) is 4.79 Å². The van der Waals surface area contributed by atoms with Gasteiger partial charge in [-0.15, -0.1) is 0 Å². The van der Waals surface area contributed by atoms with Gasteiger partial charge in [0, 0.05) is 26.3 Å². The summed E-state index contributed by atoms with van der Waals surface area (Å²) in [6.07, 6.45) is 0. The standard InChI is InChI=1S/C13H19FN2O3/c1-9(13(18)15-3-4-19-2)16-8-10-5-11(14)7-12(17)6-10/h5-7,9,16-17H,3-4,8H2,1-2H3,(H,15,18). The zero-order valence-corrected chi connectivity index (χ0v) is 11.1. The predicted octanol–water partition coefficient (Wildman–Crippen LogP) is 0.772. The third-order valence-electron chi connectivity index (χ3n) is 2.55. The van der Waals surface area contributed by atoms with Gasteiger partial charge in [0.2, 0.25) is 5.91 Å². The maximum Gasteiger partial charge on any atom is 0.236 e. The van der Waals surface area contributed by atoms with Gasteiger partial charge in [0.15, 0.2) is 0 Å². The van der Waals surface area contributed by atoms with E-state index in [0.717, 1.165) is 6.07 Å². The summed E-state index contributed by atoms with van der Waals surface area (Å²) in [6.45, 7) is 2.91. The molecule has 5 nitrogen and oxygen atoms in total. The normalized spacial score (nSPS) is 12.2. The number of phenols is 1. The van der Waals surface area contributed by atoms with Crippen LogP contribution < -0.4 is 10.6 Å². The number of aromatic hydroxyl groups is 1. The molecule has 0 spiro atoms. The largest absolute Gasteiger partial charge is 0.508 e. The molecule has 6 heteroatoms. The lowest BCUT2D eigenvalue weighted by molar-refractivity contribution is -0.122. The number of nitrogens with one attached hydrogen (secondary N) is 2. The maximum absolute atomic E-state index is 13.0. The van der Waals surface area contributed by atoms with E-state index >= 15 is 0 Å². The van der Waals surface area contributed by atoms with E-state index in [-0.39, 0.29) is 11.7 Å². The SMILES string of the molecule is COCCNC(=O)C(C)NCc1cc(O)cc(F)c1. The highest BCUT2D eigenvalue weighted by atomic mass is 19.1. The van der Waals surface area contributed by atoms with Crippen molar-refractivity contribution >= 4 is 5.91 Å². The number of methoxy groups -OCH3 is 1. The highest BCUT2D eigenvalue weighted by molar-refractivity contribution is 5.81. The molecule has 1 aromatic carbocycles. The molecular formula is C13H19FN2O3.